The summed E-state index contributed by atoms with van der Waals surface area (Å²) in [6.07, 6.45) is 6.22. The van der Waals surface area contributed by atoms with Crippen LogP contribution in [0.3, 0.4) is 0 Å². The minimum atomic E-state index is -0.0535. The van der Waals surface area contributed by atoms with E-state index in [1.807, 2.05) is 25.3 Å². The molecule has 2 heterocycles. The zero-order valence-corrected chi connectivity index (χ0v) is 20.4. The molecule has 0 aliphatic carbocycles. The first-order chi connectivity index (χ1) is 15.4. The SMILES string of the molecule is CCCN(CCC(C)CC)c1cc(C)c2nc(-c3ccc(OC)c(CC)c3)cc(=O)n2c1. The smallest absolute Gasteiger partial charge is 0.258 e. The molecule has 1 atom stereocenters. The zero-order chi connectivity index (χ0) is 23.3. The summed E-state index contributed by atoms with van der Waals surface area (Å²) in [6.45, 7) is 12.9. The van der Waals surface area contributed by atoms with E-state index in [2.05, 4.69) is 44.7 Å². The van der Waals surface area contributed by atoms with Crippen LogP contribution in [0.1, 0.15) is 58.1 Å². The van der Waals surface area contributed by atoms with Crippen LogP contribution in [0.25, 0.3) is 16.9 Å². The van der Waals surface area contributed by atoms with Gasteiger partial charge in [0.15, 0.2) is 0 Å². The molecule has 2 aromatic heterocycles. The average Bonchev–Trinajstić information content (AvgIpc) is 2.81. The minimum absolute atomic E-state index is 0.0535. The van der Waals surface area contributed by atoms with Crippen LogP contribution < -0.4 is 15.2 Å². The van der Waals surface area contributed by atoms with Crippen LogP contribution in [-0.4, -0.2) is 29.6 Å². The Morgan fingerprint density at radius 2 is 1.91 bits per heavy atom. The van der Waals surface area contributed by atoms with Crippen LogP contribution in [0.15, 0.2) is 41.3 Å². The molecule has 0 N–H and O–H groups in total. The van der Waals surface area contributed by atoms with Gasteiger partial charge in [0.1, 0.15) is 11.4 Å². The third-order valence-corrected chi connectivity index (χ3v) is 6.34. The fourth-order valence-electron chi connectivity index (χ4n) is 4.11. The van der Waals surface area contributed by atoms with Crippen molar-refractivity contribution in [3.05, 3.63) is 58.0 Å². The lowest BCUT2D eigenvalue weighted by Crippen LogP contribution is -2.28. The Balaban J connectivity index is 2.03. The lowest BCUT2D eigenvalue weighted by Gasteiger charge is -2.26. The summed E-state index contributed by atoms with van der Waals surface area (Å²) in [6, 6.07) is 9.80. The number of ether oxygens (including phenoxy) is 1. The number of hydrogen-bond donors (Lipinski definition) is 0. The molecule has 0 radical (unpaired) electrons. The monoisotopic (exact) mass is 435 g/mol. The number of aromatic nitrogens is 2. The third kappa shape index (κ3) is 5.14. The van der Waals surface area contributed by atoms with E-state index in [4.69, 9.17) is 9.72 Å². The molecule has 172 valence electrons. The molecular formula is C27H37N3O2. The van der Waals surface area contributed by atoms with Crippen LogP contribution >= 0.6 is 0 Å². The van der Waals surface area contributed by atoms with E-state index in [9.17, 15) is 4.79 Å². The molecule has 0 spiro atoms. The molecule has 0 saturated heterocycles. The van der Waals surface area contributed by atoms with Crippen molar-refractivity contribution in [2.75, 3.05) is 25.1 Å². The second-order valence-corrected chi connectivity index (χ2v) is 8.72. The lowest BCUT2D eigenvalue weighted by molar-refractivity contribution is 0.410. The average molecular weight is 436 g/mol. The van der Waals surface area contributed by atoms with Gasteiger partial charge in [0, 0.05) is 30.9 Å². The summed E-state index contributed by atoms with van der Waals surface area (Å²) < 4.78 is 7.15. The predicted octanol–water partition coefficient (Wildman–Crippen LogP) is 5.89. The maximum Gasteiger partial charge on any atom is 0.258 e. The van der Waals surface area contributed by atoms with Gasteiger partial charge in [-0.15, -0.1) is 0 Å². The van der Waals surface area contributed by atoms with Gasteiger partial charge in [-0.2, -0.15) is 0 Å². The van der Waals surface area contributed by atoms with Gasteiger partial charge < -0.3 is 9.64 Å². The Morgan fingerprint density at radius 1 is 1.12 bits per heavy atom. The summed E-state index contributed by atoms with van der Waals surface area (Å²) in [5, 5.41) is 0. The Labute approximate surface area is 192 Å². The fourth-order valence-corrected chi connectivity index (χ4v) is 4.11. The highest BCUT2D eigenvalue weighted by Gasteiger charge is 2.14. The molecule has 5 heteroatoms. The van der Waals surface area contributed by atoms with Gasteiger partial charge in [-0.05, 0) is 67.5 Å². The highest BCUT2D eigenvalue weighted by Crippen LogP contribution is 2.27. The van der Waals surface area contributed by atoms with E-state index >= 15 is 0 Å². The van der Waals surface area contributed by atoms with E-state index < -0.39 is 0 Å². The summed E-state index contributed by atoms with van der Waals surface area (Å²) in [7, 11) is 1.68. The van der Waals surface area contributed by atoms with Crippen LogP contribution in [0, 0.1) is 12.8 Å². The summed E-state index contributed by atoms with van der Waals surface area (Å²) in [5.74, 6) is 1.56. The molecular weight excluding hydrogens is 398 g/mol. The molecule has 32 heavy (non-hydrogen) atoms. The number of pyridine rings is 1. The second-order valence-electron chi connectivity index (χ2n) is 8.72. The van der Waals surface area contributed by atoms with E-state index in [0.717, 1.165) is 60.5 Å². The first-order valence-corrected chi connectivity index (χ1v) is 11.9. The second kappa shape index (κ2) is 10.7. The zero-order valence-electron chi connectivity index (χ0n) is 20.4. The number of hydrogen-bond acceptors (Lipinski definition) is 4. The van der Waals surface area contributed by atoms with Gasteiger partial charge in [-0.3, -0.25) is 9.20 Å². The predicted molar refractivity (Wildman–Crippen MR) is 134 cm³/mol. The number of fused-ring (bicyclic) bond motifs is 1. The number of anilines is 1. The highest BCUT2D eigenvalue weighted by atomic mass is 16.5. The van der Waals surface area contributed by atoms with Crippen LogP contribution in [0.2, 0.25) is 0 Å². The molecule has 1 unspecified atom stereocenters. The molecule has 1 aromatic carbocycles. The number of nitrogens with zero attached hydrogens (tertiary/aromatic N) is 3. The minimum Gasteiger partial charge on any atom is -0.496 e. The molecule has 0 saturated carbocycles. The van der Waals surface area contributed by atoms with Gasteiger partial charge in [-0.25, -0.2) is 4.98 Å². The maximum absolute atomic E-state index is 13.1. The van der Waals surface area contributed by atoms with Gasteiger partial charge in [0.25, 0.3) is 5.56 Å². The van der Waals surface area contributed by atoms with E-state index in [-0.39, 0.29) is 5.56 Å². The van der Waals surface area contributed by atoms with Crippen molar-refractivity contribution in [3.63, 3.8) is 0 Å². The van der Waals surface area contributed by atoms with Gasteiger partial charge >= 0.3 is 0 Å². The number of rotatable bonds is 10. The van der Waals surface area contributed by atoms with Crippen LogP contribution in [0.4, 0.5) is 5.69 Å². The Bertz CT molecular complexity index is 1120. The quantitative estimate of drug-likeness (QED) is 0.398. The van der Waals surface area contributed by atoms with Crippen molar-refractivity contribution in [3.8, 4) is 17.0 Å². The molecule has 5 nitrogen and oxygen atoms in total. The van der Waals surface area contributed by atoms with Gasteiger partial charge in [0.2, 0.25) is 0 Å². The maximum atomic E-state index is 13.1. The molecule has 0 aliphatic heterocycles. The third-order valence-electron chi connectivity index (χ3n) is 6.34. The first kappa shape index (κ1) is 23.8. The molecule has 0 bridgehead atoms. The van der Waals surface area contributed by atoms with Crippen LogP contribution in [-0.2, 0) is 6.42 Å². The van der Waals surface area contributed by atoms with Crippen LogP contribution in [0.5, 0.6) is 5.75 Å². The van der Waals surface area contributed by atoms with Gasteiger partial charge in [0.05, 0.1) is 18.5 Å². The number of benzene rings is 1. The van der Waals surface area contributed by atoms with Crippen molar-refractivity contribution in [2.45, 2.75) is 60.3 Å². The first-order valence-electron chi connectivity index (χ1n) is 11.9. The lowest BCUT2D eigenvalue weighted by atomic mass is 10.0. The largest absolute Gasteiger partial charge is 0.496 e. The fraction of sp³-hybridized carbons (Fsp3) is 0.481. The van der Waals surface area contributed by atoms with Crippen molar-refractivity contribution in [2.24, 2.45) is 5.92 Å². The van der Waals surface area contributed by atoms with E-state index in [1.54, 1.807) is 17.6 Å². The molecule has 0 amide bonds. The van der Waals surface area contributed by atoms with Crippen molar-refractivity contribution < 1.29 is 4.74 Å². The Hall–Kier alpha value is -2.82. The van der Waals surface area contributed by atoms with Gasteiger partial charge in [-0.1, -0.05) is 34.1 Å². The summed E-state index contributed by atoms with van der Waals surface area (Å²) in [4.78, 5) is 20.4. The molecule has 3 aromatic rings. The topological polar surface area (TPSA) is 46.8 Å². The Morgan fingerprint density at radius 3 is 2.56 bits per heavy atom. The van der Waals surface area contributed by atoms with E-state index in [0.29, 0.717) is 17.3 Å². The van der Waals surface area contributed by atoms with Crippen molar-refractivity contribution >= 4 is 11.3 Å². The molecule has 0 fully saturated rings. The molecule has 0 aliphatic rings. The van der Waals surface area contributed by atoms with Crippen molar-refractivity contribution in [1.82, 2.24) is 9.38 Å². The van der Waals surface area contributed by atoms with Crippen molar-refractivity contribution in [1.29, 1.82) is 0 Å². The normalized spacial score (nSPS) is 12.2. The standard InChI is InChI=1S/C27H37N3O2/c1-7-13-29(14-12-19(4)8-2)23-15-20(5)27-28-24(17-26(31)30(27)18-23)22-10-11-25(32-6)21(9-3)16-22/h10-11,15-19H,7-9,12-14H2,1-6H3. The Kier molecular flexibility index (Phi) is 7.94. The number of methoxy groups -OCH3 is 1. The molecule has 3 rings (SSSR count). The number of aryl methyl sites for hydroxylation is 2. The highest BCUT2D eigenvalue weighted by molar-refractivity contribution is 5.66. The summed E-state index contributed by atoms with van der Waals surface area (Å²) >= 11 is 0. The van der Waals surface area contributed by atoms with E-state index in [1.165, 1.54) is 6.42 Å². The summed E-state index contributed by atoms with van der Waals surface area (Å²) in [5.41, 5.74) is 5.50.